The van der Waals surface area contributed by atoms with E-state index in [1.807, 2.05) is 113 Å². The fourth-order valence-electron chi connectivity index (χ4n) is 10.9. The van der Waals surface area contributed by atoms with E-state index in [-0.39, 0.29) is 43.4 Å². The smallest absolute Gasteiger partial charge is 0.184 e. The molecule has 6 heterocycles. The average molecular weight is 1330 g/mol. The molecule has 0 unspecified atom stereocenters. The highest BCUT2D eigenvalue weighted by Gasteiger charge is 2.27. The molecule has 12 rings (SSSR count). The number of aromatic nitrogens is 9. The molecule has 0 radical (unpaired) electrons. The molecule has 0 bridgehead atoms. The van der Waals surface area contributed by atoms with Gasteiger partial charge in [-0.3, -0.25) is 9.97 Å². The Balaban J connectivity index is 0.000000153. The molecular weight excluding hydrogens is 1260 g/mol. The van der Waals surface area contributed by atoms with Gasteiger partial charge in [-0.15, -0.1) is 0 Å². The molecule has 0 aliphatic heterocycles. The van der Waals surface area contributed by atoms with Crippen LogP contribution in [0.5, 0.6) is 0 Å². The van der Waals surface area contributed by atoms with Crippen LogP contribution in [0.1, 0.15) is 113 Å². The second-order valence-electron chi connectivity index (χ2n) is 26.1. The number of hydrogen-bond donors (Lipinski definition) is 0. The maximum Gasteiger partial charge on any atom is 0.184 e. The highest BCUT2D eigenvalue weighted by molar-refractivity contribution is 7.91. The number of hydrogen-bond acceptors (Lipinski definition) is 12. The van der Waals surface area contributed by atoms with E-state index in [1.165, 1.54) is 18.3 Å². The number of nitrogens with zero attached hydrogens (tertiary/aromatic N) is 9. The Hall–Kier alpha value is -8.82. The molecule has 12 aromatic rings. The lowest BCUT2D eigenvalue weighted by Gasteiger charge is -2.20. The summed E-state index contributed by atoms with van der Waals surface area (Å²) in [7, 11) is -11.0. The molecule has 0 spiro atoms. The zero-order valence-electron chi connectivity index (χ0n) is 53.8. The molecule has 480 valence electrons. The first-order valence-corrected chi connectivity index (χ1v) is 35.3. The van der Waals surface area contributed by atoms with Crippen LogP contribution < -0.4 is 0 Å². The fourth-order valence-corrected chi connectivity index (χ4v) is 15.1. The van der Waals surface area contributed by atoms with Crippen LogP contribution in [0, 0.1) is 32.4 Å². The van der Waals surface area contributed by atoms with E-state index in [4.69, 9.17) is 11.6 Å². The molecule has 6 aromatic carbocycles. The second-order valence-corrected chi connectivity index (χ2v) is 32.4. The predicted molar refractivity (Wildman–Crippen MR) is 364 cm³/mol. The third-order valence-corrected chi connectivity index (χ3v) is 21.0. The molecule has 0 atom stereocenters. The van der Waals surface area contributed by atoms with Crippen LogP contribution >= 0.6 is 11.6 Å². The molecule has 0 fully saturated rings. The van der Waals surface area contributed by atoms with Crippen LogP contribution in [-0.2, 0) is 63.0 Å². The molecule has 0 aliphatic rings. The molecule has 15 nitrogen and oxygen atoms in total. The van der Waals surface area contributed by atoms with Crippen molar-refractivity contribution in [2.45, 2.75) is 131 Å². The van der Waals surface area contributed by atoms with Crippen molar-refractivity contribution >= 4 is 73.7 Å². The number of fused-ring (bicyclic) bond motifs is 3. The van der Waals surface area contributed by atoms with Gasteiger partial charge in [-0.25, -0.2) is 53.1 Å². The first kappa shape index (κ1) is 67.1. The standard InChI is InChI=1S/C24H24ClN3O2S.2C24H24FN3O2S/c1-16-13-18(15-31(29,30)19-11-9-17(10-12-19)24(2,3)4)28(27-16)23-21-8-6-5-7-20(21)22(25)14-26-23;1-16-13-17(28(27-16)23-9-5-8-22-19(23)7-6-12-26-22)15-31(29,30)18-10-11-20(21(25)14-18)24(2,3)4;1-16-14-18(15-31(29,30)19-10-8-17(9-11-19)24(2,3)4)28(27-16)22-12-13-26-23-20(22)6-5-7-21(23)25/h3*5-14H,15H2,1-4H3. The Labute approximate surface area is 547 Å². The Morgan fingerprint density at radius 2 is 0.882 bits per heavy atom. The normalized spacial score (nSPS) is 12.4. The van der Waals surface area contributed by atoms with E-state index in [2.05, 4.69) is 71.8 Å². The van der Waals surface area contributed by atoms with Gasteiger partial charge in [-0.05, 0) is 145 Å². The lowest BCUT2D eigenvalue weighted by atomic mass is 9.87. The quantitative estimate of drug-likeness (QED) is 0.112. The van der Waals surface area contributed by atoms with E-state index in [1.54, 1.807) is 100 Å². The van der Waals surface area contributed by atoms with Gasteiger partial charge in [-0.1, -0.05) is 147 Å². The number of rotatable bonds is 12. The molecule has 0 amide bonds. The van der Waals surface area contributed by atoms with Crippen molar-refractivity contribution in [3.63, 3.8) is 0 Å². The summed E-state index contributed by atoms with van der Waals surface area (Å²) in [4.78, 5) is 13.5. The van der Waals surface area contributed by atoms with Crippen molar-refractivity contribution in [1.29, 1.82) is 0 Å². The summed E-state index contributed by atoms with van der Waals surface area (Å²) in [6, 6.07) is 47.0. The van der Waals surface area contributed by atoms with Crippen LogP contribution in [0.3, 0.4) is 0 Å². The largest absolute Gasteiger partial charge is 0.256 e. The van der Waals surface area contributed by atoms with Crippen molar-refractivity contribution in [1.82, 2.24) is 44.3 Å². The fraction of sp³-hybridized carbons (Fsp3) is 0.250. The minimum Gasteiger partial charge on any atom is -0.256 e. The topological polar surface area (TPSA) is 195 Å². The molecular formula is C72H72ClF2N9O6S3. The summed E-state index contributed by atoms with van der Waals surface area (Å²) in [5.41, 5.74) is 8.13. The molecule has 0 N–H and O–H groups in total. The van der Waals surface area contributed by atoms with Crippen molar-refractivity contribution in [3.8, 4) is 17.2 Å². The summed E-state index contributed by atoms with van der Waals surface area (Å²) in [6.45, 7) is 23.7. The van der Waals surface area contributed by atoms with Gasteiger partial charge in [0.2, 0.25) is 0 Å². The third-order valence-electron chi connectivity index (χ3n) is 15.7. The van der Waals surface area contributed by atoms with Crippen LogP contribution in [0.15, 0.2) is 197 Å². The number of halogens is 3. The number of aryl methyl sites for hydroxylation is 3. The minimum atomic E-state index is -3.78. The van der Waals surface area contributed by atoms with Crippen LogP contribution in [-0.4, -0.2) is 69.5 Å². The first-order valence-electron chi connectivity index (χ1n) is 30.0. The summed E-state index contributed by atoms with van der Waals surface area (Å²) in [5, 5.41) is 17.2. The SMILES string of the molecule is Cc1cc(CS(=O)(=O)c2ccc(C(C)(C)C)c(F)c2)n(-c2cccc3ncccc23)n1.Cc1cc(CS(=O)(=O)c2ccc(C(C)(C)C)cc2)n(-c2ccnc3c(F)cccc23)n1.Cc1cc(CS(=O)(=O)c2ccc(C(C)(C)C)cc2)n(-c2ncc(Cl)c3ccccc23)n1. The highest BCUT2D eigenvalue weighted by Crippen LogP contribution is 2.34. The van der Waals surface area contributed by atoms with Crippen molar-refractivity contribution < 1.29 is 34.0 Å². The second kappa shape index (κ2) is 25.9. The minimum absolute atomic E-state index is 0.0389. The highest BCUT2D eigenvalue weighted by atomic mass is 35.5. The maximum atomic E-state index is 14.6. The van der Waals surface area contributed by atoms with E-state index in [0.29, 0.717) is 66.5 Å². The Morgan fingerprint density at radius 3 is 1.41 bits per heavy atom. The molecule has 6 aromatic heterocycles. The van der Waals surface area contributed by atoms with Crippen LogP contribution in [0.25, 0.3) is 49.8 Å². The number of benzene rings is 6. The van der Waals surface area contributed by atoms with E-state index >= 15 is 0 Å². The summed E-state index contributed by atoms with van der Waals surface area (Å²) in [5.74, 6) is -1.08. The number of sulfone groups is 3. The van der Waals surface area contributed by atoms with Gasteiger partial charge in [0, 0.05) is 40.1 Å². The number of pyridine rings is 3. The third kappa shape index (κ3) is 14.8. The van der Waals surface area contributed by atoms with Crippen molar-refractivity contribution in [2.24, 2.45) is 0 Å². The van der Waals surface area contributed by atoms with Gasteiger partial charge in [0.1, 0.15) is 17.2 Å². The monoisotopic (exact) mass is 1330 g/mol. The van der Waals surface area contributed by atoms with Crippen molar-refractivity contribution in [2.75, 3.05) is 0 Å². The number of para-hydroxylation sites is 1. The zero-order chi connectivity index (χ0) is 67.2. The average Bonchev–Trinajstić information content (AvgIpc) is 1.75. The van der Waals surface area contributed by atoms with Gasteiger partial charge >= 0.3 is 0 Å². The van der Waals surface area contributed by atoms with E-state index in [0.717, 1.165) is 44.6 Å². The van der Waals surface area contributed by atoms with Gasteiger partial charge in [0.15, 0.2) is 35.3 Å². The van der Waals surface area contributed by atoms with Crippen LogP contribution in [0.2, 0.25) is 5.02 Å². The van der Waals surface area contributed by atoms with Gasteiger partial charge in [0.05, 0.1) is 88.0 Å². The van der Waals surface area contributed by atoms with Gasteiger partial charge in [0.25, 0.3) is 0 Å². The molecule has 0 saturated heterocycles. The lowest BCUT2D eigenvalue weighted by Crippen LogP contribution is -2.15. The lowest BCUT2D eigenvalue weighted by molar-refractivity contribution is 0.519. The van der Waals surface area contributed by atoms with E-state index in [9.17, 15) is 34.0 Å². The van der Waals surface area contributed by atoms with Gasteiger partial charge in [-0.2, -0.15) is 15.3 Å². The Kier molecular flexibility index (Phi) is 18.7. The molecule has 93 heavy (non-hydrogen) atoms. The van der Waals surface area contributed by atoms with E-state index < -0.39 is 46.6 Å². The first-order chi connectivity index (χ1) is 43.7. The van der Waals surface area contributed by atoms with Gasteiger partial charge < -0.3 is 0 Å². The molecule has 0 aliphatic carbocycles. The van der Waals surface area contributed by atoms with Crippen molar-refractivity contribution in [3.05, 3.63) is 250 Å². The Morgan fingerprint density at radius 1 is 0.419 bits per heavy atom. The maximum absolute atomic E-state index is 14.6. The molecule has 21 heteroatoms. The summed E-state index contributed by atoms with van der Waals surface area (Å²) < 4.78 is 113. The summed E-state index contributed by atoms with van der Waals surface area (Å²) in [6.07, 6.45) is 4.78. The Bertz CT molecular complexity index is 4970. The van der Waals surface area contributed by atoms with Crippen LogP contribution in [0.4, 0.5) is 8.78 Å². The summed E-state index contributed by atoms with van der Waals surface area (Å²) >= 11 is 6.30. The predicted octanol–water partition coefficient (Wildman–Crippen LogP) is 15.9. The molecule has 0 saturated carbocycles. The zero-order valence-corrected chi connectivity index (χ0v) is 57.0.